The third-order valence-corrected chi connectivity index (χ3v) is 5.42. The molecule has 122 valence electrons. The molecule has 0 amide bonds. The van der Waals surface area contributed by atoms with Crippen LogP contribution in [0.4, 0.5) is 0 Å². The minimum absolute atomic E-state index is 0.102. The monoisotopic (exact) mass is 305 g/mol. The number of furan rings is 1. The van der Waals surface area contributed by atoms with E-state index in [0.717, 1.165) is 63.3 Å². The lowest BCUT2D eigenvalue weighted by Crippen LogP contribution is -2.64. The summed E-state index contributed by atoms with van der Waals surface area (Å²) in [6.07, 6.45) is 5.09. The van der Waals surface area contributed by atoms with Crippen molar-refractivity contribution in [3.63, 3.8) is 0 Å². The molecule has 2 saturated heterocycles. The average Bonchev–Trinajstić information content (AvgIpc) is 3.06. The number of likely N-dealkylation sites (tertiary alicyclic amines) is 1. The van der Waals surface area contributed by atoms with Gasteiger partial charge < -0.3 is 13.9 Å². The van der Waals surface area contributed by atoms with Gasteiger partial charge in [0.2, 0.25) is 0 Å². The van der Waals surface area contributed by atoms with Crippen molar-refractivity contribution in [2.45, 2.75) is 44.8 Å². The van der Waals surface area contributed by atoms with Crippen molar-refractivity contribution in [1.82, 2.24) is 4.90 Å². The van der Waals surface area contributed by atoms with Crippen LogP contribution in [-0.4, -0.2) is 43.4 Å². The van der Waals surface area contributed by atoms with E-state index in [1.165, 1.54) is 19.3 Å². The number of hydrogen-bond acceptors (Lipinski definition) is 4. The van der Waals surface area contributed by atoms with Gasteiger partial charge in [-0.3, -0.25) is 4.90 Å². The van der Waals surface area contributed by atoms with Crippen molar-refractivity contribution in [1.29, 1.82) is 0 Å². The highest BCUT2D eigenvalue weighted by Gasteiger charge is 2.52. The lowest BCUT2D eigenvalue weighted by Gasteiger charge is -2.50. The number of nitrogens with zero attached hydrogens (tertiary/aromatic N) is 1. The van der Waals surface area contributed by atoms with Gasteiger partial charge in [0, 0.05) is 32.9 Å². The first-order valence-electron chi connectivity index (χ1n) is 8.73. The molecular formula is C18H27NO3. The van der Waals surface area contributed by atoms with E-state index in [2.05, 4.69) is 11.0 Å². The second kappa shape index (κ2) is 5.99. The van der Waals surface area contributed by atoms with Crippen molar-refractivity contribution in [2.24, 2.45) is 11.8 Å². The molecule has 1 saturated carbocycles. The minimum atomic E-state index is 0.102. The highest BCUT2D eigenvalue weighted by molar-refractivity contribution is 5.09. The molecule has 4 nitrogen and oxygen atoms in total. The molecule has 1 aromatic rings. The third kappa shape index (κ3) is 3.10. The molecule has 4 heteroatoms. The molecule has 1 aromatic heterocycles. The topological polar surface area (TPSA) is 34.8 Å². The van der Waals surface area contributed by atoms with Crippen LogP contribution in [0.1, 0.15) is 37.2 Å². The van der Waals surface area contributed by atoms with E-state index in [-0.39, 0.29) is 5.60 Å². The number of aryl methyl sites for hydroxylation is 1. The maximum Gasteiger partial charge on any atom is 0.118 e. The molecular weight excluding hydrogens is 278 g/mol. The summed E-state index contributed by atoms with van der Waals surface area (Å²) in [5.41, 5.74) is 0.102. The van der Waals surface area contributed by atoms with E-state index >= 15 is 0 Å². The van der Waals surface area contributed by atoms with Crippen molar-refractivity contribution in [3.05, 3.63) is 23.7 Å². The van der Waals surface area contributed by atoms with Crippen LogP contribution in [0.5, 0.6) is 0 Å². The van der Waals surface area contributed by atoms with Crippen LogP contribution in [-0.2, 0) is 16.0 Å². The Morgan fingerprint density at radius 1 is 1.27 bits per heavy atom. The summed E-state index contributed by atoms with van der Waals surface area (Å²) in [4.78, 5) is 2.43. The Balaban J connectivity index is 1.23. The van der Waals surface area contributed by atoms with Gasteiger partial charge in [-0.05, 0) is 56.6 Å². The number of ether oxygens (including phenoxy) is 2. The Kier molecular flexibility index (Phi) is 4.01. The molecule has 1 spiro atoms. The molecule has 2 aliphatic heterocycles. The second-order valence-corrected chi connectivity index (χ2v) is 7.36. The Morgan fingerprint density at radius 2 is 2.14 bits per heavy atom. The zero-order valence-electron chi connectivity index (χ0n) is 13.6. The van der Waals surface area contributed by atoms with Gasteiger partial charge in [0.05, 0.1) is 12.1 Å². The largest absolute Gasteiger partial charge is 0.465 e. The lowest BCUT2D eigenvalue weighted by atomic mass is 9.79. The van der Waals surface area contributed by atoms with Gasteiger partial charge >= 0.3 is 0 Å². The van der Waals surface area contributed by atoms with E-state index in [1.54, 1.807) is 0 Å². The predicted molar refractivity (Wildman–Crippen MR) is 83.7 cm³/mol. The molecule has 0 N–H and O–H groups in total. The first-order chi connectivity index (χ1) is 10.7. The highest BCUT2D eigenvalue weighted by Crippen LogP contribution is 2.42. The Morgan fingerprint density at radius 3 is 2.86 bits per heavy atom. The maximum atomic E-state index is 6.12. The van der Waals surface area contributed by atoms with Crippen LogP contribution >= 0.6 is 0 Å². The van der Waals surface area contributed by atoms with Crippen molar-refractivity contribution in [2.75, 3.05) is 32.9 Å². The van der Waals surface area contributed by atoms with Crippen LogP contribution in [0.15, 0.2) is 16.5 Å². The number of rotatable bonds is 7. The van der Waals surface area contributed by atoms with Gasteiger partial charge in [0.25, 0.3) is 0 Å². The summed E-state index contributed by atoms with van der Waals surface area (Å²) >= 11 is 0. The summed E-state index contributed by atoms with van der Waals surface area (Å²) < 4.78 is 17.6. The fraction of sp³-hybridized carbons (Fsp3) is 0.778. The predicted octanol–water partition coefficient (Wildman–Crippen LogP) is 3.00. The first kappa shape index (κ1) is 14.7. The lowest BCUT2D eigenvalue weighted by molar-refractivity contribution is -0.140. The van der Waals surface area contributed by atoms with Crippen molar-refractivity contribution in [3.8, 4) is 0 Å². The summed E-state index contributed by atoms with van der Waals surface area (Å²) in [5.74, 6) is 3.59. The van der Waals surface area contributed by atoms with Crippen LogP contribution in [0.2, 0.25) is 0 Å². The van der Waals surface area contributed by atoms with Gasteiger partial charge in [-0.15, -0.1) is 0 Å². The fourth-order valence-electron chi connectivity index (χ4n) is 3.92. The minimum Gasteiger partial charge on any atom is -0.465 e. The highest BCUT2D eigenvalue weighted by atomic mass is 16.5. The zero-order chi connectivity index (χ0) is 15.0. The molecule has 1 aliphatic carbocycles. The molecule has 0 radical (unpaired) electrons. The summed E-state index contributed by atoms with van der Waals surface area (Å²) in [5, 5.41) is 0. The van der Waals surface area contributed by atoms with Crippen LogP contribution in [0.25, 0.3) is 0 Å². The van der Waals surface area contributed by atoms with Gasteiger partial charge in [-0.2, -0.15) is 0 Å². The summed E-state index contributed by atoms with van der Waals surface area (Å²) in [6.45, 7) is 7.79. The van der Waals surface area contributed by atoms with Crippen LogP contribution < -0.4 is 0 Å². The van der Waals surface area contributed by atoms with Gasteiger partial charge in [0.15, 0.2) is 0 Å². The van der Waals surface area contributed by atoms with Gasteiger partial charge in [0.1, 0.15) is 11.5 Å². The van der Waals surface area contributed by atoms with E-state index in [9.17, 15) is 0 Å². The van der Waals surface area contributed by atoms with Crippen LogP contribution in [0, 0.1) is 18.8 Å². The average molecular weight is 305 g/mol. The molecule has 4 rings (SSSR count). The fourth-order valence-corrected chi connectivity index (χ4v) is 3.92. The quantitative estimate of drug-likeness (QED) is 0.725. The second-order valence-electron chi connectivity index (χ2n) is 7.36. The summed E-state index contributed by atoms with van der Waals surface area (Å²) in [7, 11) is 0. The van der Waals surface area contributed by atoms with E-state index < -0.39 is 0 Å². The van der Waals surface area contributed by atoms with Crippen molar-refractivity contribution < 1.29 is 13.9 Å². The third-order valence-electron chi connectivity index (χ3n) is 5.42. The molecule has 0 unspecified atom stereocenters. The molecule has 3 heterocycles. The molecule has 1 atom stereocenters. The van der Waals surface area contributed by atoms with Crippen LogP contribution in [0.3, 0.4) is 0 Å². The van der Waals surface area contributed by atoms with Gasteiger partial charge in [-0.1, -0.05) is 0 Å². The number of hydrogen-bond donors (Lipinski definition) is 0. The first-order valence-corrected chi connectivity index (χ1v) is 8.73. The molecule has 22 heavy (non-hydrogen) atoms. The smallest absolute Gasteiger partial charge is 0.118 e. The van der Waals surface area contributed by atoms with E-state index in [4.69, 9.17) is 13.9 Å². The summed E-state index contributed by atoms with van der Waals surface area (Å²) in [6, 6.07) is 4.12. The SMILES string of the molecule is Cc1ccc(CN2CC3(C2)OCC[C@@H]3CCOCC2CC2)o1. The standard InChI is InChI=1S/C18H27NO3/c1-14-2-5-17(22-14)10-19-12-18(13-19)16(7-9-21-18)6-8-20-11-15-3-4-15/h2,5,15-16H,3-4,6-13H2,1H3/t16-/m0/s1. The normalized spacial score (nSPS) is 27.4. The van der Waals surface area contributed by atoms with Crippen molar-refractivity contribution >= 4 is 0 Å². The Bertz CT molecular complexity index is 502. The Labute approximate surface area is 132 Å². The molecule has 0 aromatic carbocycles. The maximum absolute atomic E-state index is 6.12. The molecule has 3 fully saturated rings. The van der Waals surface area contributed by atoms with Gasteiger partial charge in [-0.25, -0.2) is 0 Å². The zero-order valence-corrected chi connectivity index (χ0v) is 13.6. The van der Waals surface area contributed by atoms with E-state index in [0.29, 0.717) is 5.92 Å². The Hall–Kier alpha value is -0.840. The molecule has 3 aliphatic rings. The van der Waals surface area contributed by atoms with E-state index in [1.807, 2.05) is 13.0 Å². The molecule has 0 bridgehead atoms.